The van der Waals surface area contributed by atoms with Crippen LogP contribution >= 0.6 is 27.7 Å². The Morgan fingerprint density at radius 2 is 0.622 bits per heavy atom. The largest absolute Gasteiger partial charge is 0.130 e. The Bertz CT molecular complexity index is 917. The van der Waals surface area contributed by atoms with Crippen LogP contribution < -0.4 is 0 Å². The quantitative estimate of drug-likeness (QED) is 0.246. The van der Waals surface area contributed by atoms with Crippen molar-refractivity contribution in [1.29, 1.82) is 0 Å². The van der Waals surface area contributed by atoms with Gasteiger partial charge in [-0.1, -0.05) is 116 Å². The summed E-state index contributed by atoms with van der Waals surface area (Å²) < 4.78 is 0. The highest BCUT2D eigenvalue weighted by Gasteiger charge is 2.70. The van der Waals surface area contributed by atoms with Gasteiger partial charge in [-0.3, -0.25) is 0 Å². The van der Waals surface area contributed by atoms with E-state index in [2.05, 4.69) is 27.7 Å². The highest BCUT2D eigenvalue weighted by molar-refractivity contribution is 7.25. The molecule has 0 saturated heterocycles. The SMILES string of the molecule is PC1(C2CCCCC2(P)C2(P)CCCCC2(C2CCCCC2)C2CCCCC2)CCCCC1(C1CCCCC1)C1CCCCC1. The molecular weight excluding hydrogens is 597 g/mol. The average molecular weight is 673 g/mol. The summed E-state index contributed by atoms with van der Waals surface area (Å²) in [4.78, 5) is 0. The van der Waals surface area contributed by atoms with E-state index in [-0.39, 0.29) is 0 Å². The molecule has 7 fully saturated rings. The van der Waals surface area contributed by atoms with Crippen LogP contribution in [0.5, 0.6) is 0 Å². The molecule has 258 valence electrons. The Hall–Kier alpha value is 1.29. The molecule has 0 aromatic rings. The van der Waals surface area contributed by atoms with E-state index in [0.29, 0.717) is 26.3 Å². The van der Waals surface area contributed by atoms with Crippen molar-refractivity contribution < 1.29 is 0 Å². The highest BCUT2D eigenvalue weighted by Crippen LogP contribution is 2.76. The van der Waals surface area contributed by atoms with Crippen LogP contribution in [0.3, 0.4) is 0 Å². The van der Waals surface area contributed by atoms with Gasteiger partial charge in [-0.2, -0.15) is 0 Å². The second-order valence-electron chi connectivity index (χ2n) is 18.7. The third-order valence-corrected chi connectivity index (χ3v) is 21.4. The molecule has 7 rings (SSSR count). The Morgan fingerprint density at radius 1 is 0.289 bits per heavy atom. The Morgan fingerprint density at radius 3 is 1.11 bits per heavy atom. The predicted molar refractivity (Wildman–Crippen MR) is 207 cm³/mol. The van der Waals surface area contributed by atoms with Gasteiger partial charge in [0.2, 0.25) is 0 Å². The lowest BCUT2D eigenvalue weighted by molar-refractivity contribution is -0.107. The summed E-state index contributed by atoms with van der Waals surface area (Å²) in [5, 5.41) is 1.20. The van der Waals surface area contributed by atoms with Crippen molar-refractivity contribution in [2.24, 2.45) is 40.4 Å². The fraction of sp³-hybridized carbons (Fsp3) is 1.00. The van der Waals surface area contributed by atoms with Crippen LogP contribution in [-0.4, -0.2) is 15.5 Å². The van der Waals surface area contributed by atoms with Gasteiger partial charge >= 0.3 is 0 Å². The fourth-order valence-corrected chi connectivity index (χ4v) is 19.4. The van der Waals surface area contributed by atoms with E-state index >= 15 is 0 Å². The Labute approximate surface area is 288 Å². The lowest BCUT2D eigenvalue weighted by Gasteiger charge is -2.73. The molecule has 7 unspecified atom stereocenters. The van der Waals surface area contributed by atoms with Gasteiger partial charge in [0, 0.05) is 5.16 Å². The van der Waals surface area contributed by atoms with Gasteiger partial charge in [0.25, 0.3) is 0 Å². The van der Waals surface area contributed by atoms with Crippen LogP contribution in [0.25, 0.3) is 0 Å². The second kappa shape index (κ2) is 14.5. The molecule has 7 atom stereocenters. The summed E-state index contributed by atoms with van der Waals surface area (Å²) in [5.74, 6) is 4.83. The van der Waals surface area contributed by atoms with Crippen molar-refractivity contribution in [1.82, 2.24) is 0 Å². The molecule has 0 heterocycles. The minimum Gasteiger partial charge on any atom is -0.130 e. The van der Waals surface area contributed by atoms with Gasteiger partial charge in [0.15, 0.2) is 0 Å². The molecule has 0 aromatic heterocycles. The molecule has 0 bridgehead atoms. The van der Waals surface area contributed by atoms with Gasteiger partial charge in [0.1, 0.15) is 0 Å². The molecule has 45 heavy (non-hydrogen) atoms. The maximum Gasteiger partial charge on any atom is 0.000459 e. The zero-order chi connectivity index (χ0) is 31.0. The Kier molecular flexibility index (Phi) is 11.2. The minimum atomic E-state index is 0.374. The van der Waals surface area contributed by atoms with Gasteiger partial charge in [-0.15, -0.1) is 27.7 Å². The first-order valence-electron chi connectivity index (χ1n) is 21.3. The average Bonchev–Trinajstić information content (AvgIpc) is 3.10. The van der Waals surface area contributed by atoms with Crippen molar-refractivity contribution >= 4 is 27.7 Å². The van der Waals surface area contributed by atoms with Crippen LogP contribution in [0.1, 0.15) is 205 Å². The molecule has 7 aliphatic rings. The predicted octanol–water partition coefficient (Wildman–Crippen LogP) is 13.5. The summed E-state index contributed by atoms with van der Waals surface area (Å²) in [6.45, 7) is 0. The van der Waals surface area contributed by atoms with E-state index in [9.17, 15) is 0 Å². The maximum absolute atomic E-state index is 3.96. The standard InChI is InChI=1S/C42H75P3/c43-40(30-17-15-28-38(40,33-19-5-1-6-20-33)34-21-7-2-8-22-34)37-27-13-14-31-41(37,44)42(45)32-18-16-29-39(42,35-23-9-3-10-24-35)36-25-11-4-12-26-36/h33-37H,1-32,43-45H2. The number of rotatable bonds is 6. The molecule has 0 N–H and O–H groups in total. The lowest BCUT2D eigenvalue weighted by Crippen LogP contribution is -2.71. The molecular formula is C42H75P3. The monoisotopic (exact) mass is 673 g/mol. The summed E-state index contributed by atoms with van der Waals surface area (Å²) in [6, 6.07) is 0. The van der Waals surface area contributed by atoms with E-state index in [1.165, 1.54) is 141 Å². The van der Waals surface area contributed by atoms with Gasteiger partial charge in [0.05, 0.1) is 0 Å². The van der Waals surface area contributed by atoms with E-state index in [4.69, 9.17) is 0 Å². The van der Waals surface area contributed by atoms with E-state index in [1.807, 2.05) is 0 Å². The third kappa shape index (κ3) is 5.68. The smallest absolute Gasteiger partial charge is 0.000459 e. The molecule has 7 aliphatic carbocycles. The van der Waals surface area contributed by atoms with E-state index in [0.717, 1.165) is 29.6 Å². The lowest BCUT2D eigenvalue weighted by atomic mass is 9.41. The van der Waals surface area contributed by atoms with Crippen molar-refractivity contribution in [3.8, 4) is 0 Å². The number of hydrogen-bond donors (Lipinski definition) is 0. The van der Waals surface area contributed by atoms with Crippen molar-refractivity contribution in [3.63, 3.8) is 0 Å². The van der Waals surface area contributed by atoms with Crippen LogP contribution in [0.15, 0.2) is 0 Å². The van der Waals surface area contributed by atoms with Crippen LogP contribution in [0.4, 0.5) is 0 Å². The first-order valence-corrected chi connectivity index (χ1v) is 23.0. The highest BCUT2D eigenvalue weighted by atomic mass is 31.0. The molecule has 0 spiro atoms. The topological polar surface area (TPSA) is 0 Å². The van der Waals surface area contributed by atoms with Gasteiger partial charge in [-0.25, -0.2) is 0 Å². The Balaban J connectivity index is 1.37. The summed E-state index contributed by atoms with van der Waals surface area (Å²) in [7, 11) is 11.9. The first-order chi connectivity index (χ1) is 21.9. The van der Waals surface area contributed by atoms with E-state index < -0.39 is 0 Å². The molecule has 0 amide bonds. The third-order valence-electron chi connectivity index (χ3n) is 17.3. The van der Waals surface area contributed by atoms with Gasteiger partial charge in [-0.05, 0) is 141 Å². The van der Waals surface area contributed by atoms with Gasteiger partial charge < -0.3 is 0 Å². The first kappa shape index (κ1) is 34.7. The zero-order valence-electron chi connectivity index (χ0n) is 29.7. The van der Waals surface area contributed by atoms with Crippen molar-refractivity contribution in [2.75, 3.05) is 0 Å². The molecule has 3 heteroatoms. The van der Waals surface area contributed by atoms with Crippen LogP contribution in [0.2, 0.25) is 0 Å². The molecule has 0 radical (unpaired) electrons. The summed E-state index contributed by atoms with van der Waals surface area (Å²) >= 11 is 0. The molecule has 0 nitrogen and oxygen atoms in total. The number of hydrogen-bond acceptors (Lipinski definition) is 0. The molecule has 0 aliphatic heterocycles. The van der Waals surface area contributed by atoms with Crippen LogP contribution in [0, 0.1) is 40.4 Å². The van der Waals surface area contributed by atoms with E-state index in [1.54, 1.807) is 64.2 Å². The fourth-order valence-electron chi connectivity index (χ4n) is 15.6. The van der Waals surface area contributed by atoms with Crippen molar-refractivity contribution in [2.45, 2.75) is 221 Å². The molecule has 7 saturated carbocycles. The van der Waals surface area contributed by atoms with Crippen molar-refractivity contribution in [3.05, 3.63) is 0 Å². The summed E-state index contributed by atoms with van der Waals surface area (Å²) in [5.41, 5.74) is 1.14. The zero-order valence-corrected chi connectivity index (χ0v) is 33.2. The van der Waals surface area contributed by atoms with Crippen LogP contribution in [-0.2, 0) is 0 Å². The normalized spacial score (nSPS) is 41.5. The minimum absolute atomic E-state index is 0.374. The second-order valence-corrected chi connectivity index (χ2v) is 21.7. The summed E-state index contributed by atoms with van der Waals surface area (Å²) in [6.07, 6.45) is 48.9. The maximum atomic E-state index is 3.96. The molecule has 0 aromatic carbocycles.